The Hall–Kier alpha value is -1.95. The van der Waals surface area contributed by atoms with Gasteiger partial charge in [-0.1, -0.05) is 6.92 Å². The summed E-state index contributed by atoms with van der Waals surface area (Å²) in [5.74, 6) is 0.123. The van der Waals surface area contributed by atoms with Crippen molar-refractivity contribution < 1.29 is 14.3 Å². The molecule has 2 amide bonds. The molecule has 0 N–H and O–H groups in total. The van der Waals surface area contributed by atoms with Crippen LogP contribution in [-0.4, -0.2) is 66.0 Å². The van der Waals surface area contributed by atoms with Crippen molar-refractivity contribution in [1.29, 1.82) is 0 Å². The monoisotopic (exact) mass is 317 g/mol. The van der Waals surface area contributed by atoms with Crippen molar-refractivity contribution in [3.8, 4) is 0 Å². The van der Waals surface area contributed by atoms with E-state index in [1.807, 2.05) is 28.9 Å². The average molecular weight is 317 g/mol. The lowest BCUT2D eigenvalue weighted by Crippen LogP contribution is -2.45. The lowest BCUT2D eigenvalue weighted by atomic mass is 9.88. The third-order valence-corrected chi connectivity index (χ3v) is 4.75. The van der Waals surface area contributed by atoms with Gasteiger partial charge in [0.05, 0.1) is 19.1 Å². The maximum absolute atomic E-state index is 13.0. The summed E-state index contributed by atoms with van der Waals surface area (Å²) in [7, 11) is 0. The number of morpholine rings is 1. The van der Waals surface area contributed by atoms with Gasteiger partial charge in [-0.15, -0.1) is 0 Å². The van der Waals surface area contributed by atoms with Gasteiger partial charge in [0, 0.05) is 50.9 Å². The number of carbonyl (C=O) groups excluding carboxylic acids is 2. The Balaban J connectivity index is 1.81. The second-order valence-electron chi connectivity index (χ2n) is 6.08. The molecule has 1 unspecified atom stereocenters. The van der Waals surface area contributed by atoms with Crippen molar-refractivity contribution in [3.05, 3.63) is 30.1 Å². The predicted octanol–water partition coefficient (Wildman–Crippen LogP) is 0.892. The second kappa shape index (κ2) is 7.08. The maximum atomic E-state index is 13.0. The summed E-state index contributed by atoms with van der Waals surface area (Å²) in [6.07, 6.45) is 3.97. The van der Waals surface area contributed by atoms with Crippen molar-refractivity contribution in [1.82, 2.24) is 14.8 Å². The normalized spacial score (nSPS) is 24.7. The van der Waals surface area contributed by atoms with E-state index in [-0.39, 0.29) is 23.7 Å². The number of carbonyl (C=O) groups is 2. The van der Waals surface area contributed by atoms with Gasteiger partial charge >= 0.3 is 0 Å². The standard InChI is InChI=1S/C17H23N3O3/c1-2-16(21)20-11-14(13-3-5-18-6-4-13)15(12-20)17(22)19-7-9-23-10-8-19/h3-6,14-15H,2,7-12H2,1H3/t14-,15?/m0/s1. The number of hydrogen-bond donors (Lipinski definition) is 0. The lowest BCUT2D eigenvalue weighted by Gasteiger charge is -2.30. The molecule has 0 aromatic carbocycles. The van der Waals surface area contributed by atoms with Crippen LogP contribution in [0, 0.1) is 5.92 Å². The third kappa shape index (κ3) is 3.37. The minimum absolute atomic E-state index is 0.0452. The van der Waals surface area contributed by atoms with Crippen LogP contribution in [0.25, 0.3) is 0 Å². The van der Waals surface area contributed by atoms with Crippen LogP contribution < -0.4 is 0 Å². The smallest absolute Gasteiger partial charge is 0.228 e. The summed E-state index contributed by atoms with van der Waals surface area (Å²) in [6, 6.07) is 3.90. The molecule has 2 fully saturated rings. The molecule has 0 spiro atoms. The highest BCUT2D eigenvalue weighted by molar-refractivity contribution is 5.83. The molecule has 2 aliphatic rings. The van der Waals surface area contributed by atoms with E-state index in [0.29, 0.717) is 45.8 Å². The Morgan fingerprint density at radius 3 is 2.52 bits per heavy atom. The molecule has 6 heteroatoms. The molecule has 3 rings (SSSR count). The molecule has 0 saturated carbocycles. The number of pyridine rings is 1. The van der Waals surface area contributed by atoms with Gasteiger partial charge in [-0.2, -0.15) is 0 Å². The minimum atomic E-state index is -0.175. The maximum Gasteiger partial charge on any atom is 0.228 e. The Labute approximate surface area is 136 Å². The van der Waals surface area contributed by atoms with E-state index in [0.717, 1.165) is 5.56 Å². The second-order valence-corrected chi connectivity index (χ2v) is 6.08. The van der Waals surface area contributed by atoms with Crippen molar-refractivity contribution in [3.63, 3.8) is 0 Å². The Bertz CT molecular complexity index is 557. The number of nitrogens with zero attached hydrogens (tertiary/aromatic N) is 3. The fourth-order valence-corrected chi connectivity index (χ4v) is 3.45. The summed E-state index contributed by atoms with van der Waals surface area (Å²) >= 11 is 0. The Morgan fingerprint density at radius 2 is 1.87 bits per heavy atom. The SMILES string of the molecule is CCC(=O)N1CC(C(=O)N2CCOCC2)[C@H](c2ccncc2)C1. The van der Waals surface area contributed by atoms with Crippen LogP contribution in [0.5, 0.6) is 0 Å². The van der Waals surface area contributed by atoms with E-state index in [2.05, 4.69) is 4.98 Å². The first-order chi connectivity index (χ1) is 11.2. The van der Waals surface area contributed by atoms with Crippen LogP contribution in [0.2, 0.25) is 0 Å². The number of aromatic nitrogens is 1. The molecule has 23 heavy (non-hydrogen) atoms. The highest BCUT2D eigenvalue weighted by Gasteiger charge is 2.41. The number of ether oxygens (including phenoxy) is 1. The Kier molecular flexibility index (Phi) is 4.91. The summed E-state index contributed by atoms with van der Waals surface area (Å²) in [5, 5.41) is 0. The van der Waals surface area contributed by atoms with Crippen LogP contribution in [-0.2, 0) is 14.3 Å². The molecule has 1 aromatic rings. The van der Waals surface area contributed by atoms with Gasteiger partial charge < -0.3 is 14.5 Å². The van der Waals surface area contributed by atoms with E-state index < -0.39 is 0 Å². The number of hydrogen-bond acceptors (Lipinski definition) is 4. The molecule has 6 nitrogen and oxygen atoms in total. The quantitative estimate of drug-likeness (QED) is 0.831. The number of likely N-dealkylation sites (tertiary alicyclic amines) is 1. The molecule has 2 atom stereocenters. The first-order valence-corrected chi connectivity index (χ1v) is 8.25. The highest BCUT2D eigenvalue weighted by Crippen LogP contribution is 2.34. The largest absolute Gasteiger partial charge is 0.378 e. The zero-order valence-electron chi connectivity index (χ0n) is 13.5. The van der Waals surface area contributed by atoms with Gasteiger partial charge in [0.15, 0.2) is 0 Å². The fraction of sp³-hybridized carbons (Fsp3) is 0.588. The summed E-state index contributed by atoms with van der Waals surface area (Å²) in [5.41, 5.74) is 1.08. The molecule has 2 saturated heterocycles. The molecule has 1 aromatic heterocycles. The summed E-state index contributed by atoms with van der Waals surface area (Å²) in [4.78, 5) is 32.8. The van der Waals surface area contributed by atoms with E-state index in [9.17, 15) is 9.59 Å². The van der Waals surface area contributed by atoms with E-state index >= 15 is 0 Å². The van der Waals surface area contributed by atoms with Crippen LogP contribution in [0.1, 0.15) is 24.8 Å². The van der Waals surface area contributed by atoms with Crippen molar-refractivity contribution in [2.24, 2.45) is 5.92 Å². The van der Waals surface area contributed by atoms with Crippen LogP contribution in [0.4, 0.5) is 0 Å². The van der Waals surface area contributed by atoms with Crippen LogP contribution in [0.3, 0.4) is 0 Å². The van der Waals surface area contributed by atoms with Gasteiger partial charge in [0.25, 0.3) is 0 Å². The predicted molar refractivity (Wildman–Crippen MR) is 84.7 cm³/mol. The minimum Gasteiger partial charge on any atom is -0.378 e. The van der Waals surface area contributed by atoms with Crippen molar-refractivity contribution in [2.75, 3.05) is 39.4 Å². The first-order valence-electron chi connectivity index (χ1n) is 8.25. The van der Waals surface area contributed by atoms with Gasteiger partial charge in [-0.3, -0.25) is 14.6 Å². The van der Waals surface area contributed by atoms with Gasteiger partial charge in [-0.05, 0) is 17.7 Å². The zero-order valence-corrected chi connectivity index (χ0v) is 13.5. The molecule has 0 radical (unpaired) electrons. The fourth-order valence-electron chi connectivity index (χ4n) is 3.45. The summed E-state index contributed by atoms with van der Waals surface area (Å²) < 4.78 is 5.33. The molecule has 2 aliphatic heterocycles. The molecule has 124 valence electrons. The lowest BCUT2D eigenvalue weighted by molar-refractivity contribution is -0.140. The van der Waals surface area contributed by atoms with Gasteiger partial charge in [0.1, 0.15) is 0 Å². The number of amides is 2. The van der Waals surface area contributed by atoms with E-state index in [4.69, 9.17) is 4.74 Å². The first kappa shape index (κ1) is 15.9. The molecule has 0 aliphatic carbocycles. The number of rotatable bonds is 3. The average Bonchev–Trinajstić information content (AvgIpc) is 3.07. The highest BCUT2D eigenvalue weighted by atomic mass is 16.5. The molecular weight excluding hydrogens is 294 g/mol. The van der Waals surface area contributed by atoms with Gasteiger partial charge in [0.2, 0.25) is 11.8 Å². The van der Waals surface area contributed by atoms with Crippen molar-refractivity contribution >= 4 is 11.8 Å². The Morgan fingerprint density at radius 1 is 1.17 bits per heavy atom. The molecule has 3 heterocycles. The zero-order chi connectivity index (χ0) is 16.2. The summed E-state index contributed by atoms with van der Waals surface area (Å²) in [6.45, 7) is 5.44. The molecule has 0 bridgehead atoms. The topological polar surface area (TPSA) is 62.7 Å². The van der Waals surface area contributed by atoms with E-state index in [1.54, 1.807) is 12.4 Å². The van der Waals surface area contributed by atoms with Crippen LogP contribution in [0.15, 0.2) is 24.5 Å². The van der Waals surface area contributed by atoms with Gasteiger partial charge in [-0.25, -0.2) is 0 Å². The molecular formula is C17H23N3O3. The van der Waals surface area contributed by atoms with E-state index in [1.165, 1.54) is 0 Å². The van der Waals surface area contributed by atoms with Crippen LogP contribution >= 0.6 is 0 Å². The van der Waals surface area contributed by atoms with Crippen molar-refractivity contribution in [2.45, 2.75) is 19.3 Å². The third-order valence-electron chi connectivity index (χ3n) is 4.75.